The number of halogens is 1. The maximum absolute atomic E-state index is 11.8. The summed E-state index contributed by atoms with van der Waals surface area (Å²) < 4.78 is 5.60. The number of benzene rings is 1. The number of rotatable bonds is 3. The predicted molar refractivity (Wildman–Crippen MR) is 70.4 cm³/mol. The lowest BCUT2D eigenvalue weighted by molar-refractivity contribution is -0.123. The first kappa shape index (κ1) is 12.1. The molecule has 1 fully saturated rings. The average Bonchev–Trinajstić information content (AvgIpc) is 3.16. The summed E-state index contributed by atoms with van der Waals surface area (Å²) in [5, 5.41) is 0.590. The summed E-state index contributed by atoms with van der Waals surface area (Å²) in [4.78, 5) is 16.0. The molecule has 0 spiro atoms. The number of primary amides is 1. The lowest BCUT2D eigenvalue weighted by Gasteiger charge is -2.08. The van der Waals surface area contributed by atoms with Crippen LogP contribution in [-0.2, 0) is 15.1 Å². The van der Waals surface area contributed by atoms with E-state index in [4.69, 9.17) is 22.1 Å². The highest BCUT2D eigenvalue weighted by Crippen LogP contribution is 2.56. The minimum absolute atomic E-state index is 0.432. The smallest absolute Gasteiger partial charge is 0.259 e. The van der Waals surface area contributed by atoms with Gasteiger partial charge in [0, 0.05) is 11.2 Å². The fourth-order valence-electron chi connectivity index (χ4n) is 2.21. The van der Waals surface area contributed by atoms with E-state index in [2.05, 4.69) is 4.98 Å². The molecule has 1 aromatic carbocycles. The molecule has 2 atom stereocenters. The fraction of sp³-hybridized carbons (Fsp3) is 0.143. The molecule has 19 heavy (non-hydrogen) atoms. The average molecular weight is 275 g/mol. The second-order valence-corrected chi connectivity index (χ2v) is 4.80. The quantitative estimate of drug-likeness (QED) is 0.872. The van der Waals surface area contributed by atoms with E-state index in [1.165, 1.54) is 0 Å². The fourth-order valence-corrected chi connectivity index (χ4v) is 2.41. The van der Waals surface area contributed by atoms with Gasteiger partial charge in [0.15, 0.2) is 0 Å². The van der Waals surface area contributed by atoms with E-state index in [9.17, 15) is 4.79 Å². The predicted octanol–water partition coefficient (Wildman–Crippen LogP) is 2.19. The van der Waals surface area contributed by atoms with E-state index < -0.39 is 17.6 Å². The number of pyridine rings is 1. The van der Waals surface area contributed by atoms with Gasteiger partial charge in [0.2, 0.25) is 5.60 Å². The molecule has 2 N–H and O–H groups in total. The third kappa shape index (κ3) is 1.89. The Morgan fingerprint density at radius 1 is 1.32 bits per heavy atom. The number of hydrogen-bond donors (Lipinski definition) is 1. The number of ether oxygens (including phenoxy) is 1. The van der Waals surface area contributed by atoms with Crippen molar-refractivity contribution < 1.29 is 9.53 Å². The number of aromatic nitrogens is 1. The van der Waals surface area contributed by atoms with E-state index in [1.54, 1.807) is 36.5 Å². The third-order valence-corrected chi connectivity index (χ3v) is 3.41. The van der Waals surface area contributed by atoms with Crippen LogP contribution < -0.4 is 5.73 Å². The highest BCUT2D eigenvalue weighted by Gasteiger charge is 2.64. The van der Waals surface area contributed by atoms with Crippen molar-refractivity contribution in [2.24, 2.45) is 5.73 Å². The van der Waals surface area contributed by atoms with Gasteiger partial charge in [0.1, 0.15) is 6.10 Å². The molecular weight excluding hydrogens is 264 g/mol. The largest absolute Gasteiger partial charge is 0.367 e. The molecule has 1 aliphatic rings. The minimum atomic E-state index is -1.17. The van der Waals surface area contributed by atoms with Crippen molar-refractivity contribution in [2.45, 2.75) is 11.7 Å². The summed E-state index contributed by atoms with van der Waals surface area (Å²) in [6.07, 6.45) is 1.18. The molecule has 1 amide bonds. The molecule has 5 heteroatoms. The summed E-state index contributed by atoms with van der Waals surface area (Å²) in [6, 6.07) is 12.5. The maximum Gasteiger partial charge on any atom is 0.259 e. The van der Waals surface area contributed by atoms with Crippen LogP contribution in [0.2, 0.25) is 5.02 Å². The van der Waals surface area contributed by atoms with E-state index in [1.807, 2.05) is 12.1 Å². The number of nitrogens with two attached hydrogens (primary N) is 1. The van der Waals surface area contributed by atoms with Gasteiger partial charge in [-0.1, -0.05) is 29.8 Å². The Morgan fingerprint density at radius 2 is 2.16 bits per heavy atom. The van der Waals surface area contributed by atoms with Crippen molar-refractivity contribution in [3.8, 4) is 0 Å². The van der Waals surface area contributed by atoms with Gasteiger partial charge in [-0.3, -0.25) is 9.78 Å². The highest BCUT2D eigenvalue weighted by molar-refractivity contribution is 6.30. The van der Waals surface area contributed by atoms with Crippen LogP contribution >= 0.6 is 11.6 Å². The van der Waals surface area contributed by atoms with Gasteiger partial charge in [-0.25, -0.2) is 0 Å². The van der Waals surface area contributed by atoms with Crippen molar-refractivity contribution in [3.63, 3.8) is 0 Å². The van der Waals surface area contributed by atoms with E-state index >= 15 is 0 Å². The van der Waals surface area contributed by atoms with Gasteiger partial charge < -0.3 is 10.5 Å². The van der Waals surface area contributed by atoms with Crippen LogP contribution in [0.5, 0.6) is 0 Å². The molecule has 96 valence electrons. The van der Waals surface area contributed by atoms with Crippen LogP contribution in [0.1, 0.15) is 17.4 Å². The zero-order valence-corrected chi connectivity index (χ0v) is 10.7. The van der Waals surface area contributed by atoms with Crippen molar-refractivity contribution in [1.29, 1.82) is 0 Å². The molecule has 0 unspecified atom stereocenters. The summed E-state index contributed by atoms with van der Waals surface area (Å²) in [5.74, 6) is -0.545. The molecule has 2 heterocycles. The number of nitrogens with zero attached hydrogens (tertiary/aromatic N) is 1. The summed E-state index contributed by atoms with van der Waals surface area (Å²) >= 11 is 5.95. The van der Waals surface area contributed by atoms with Crippen LogP contribution in [0.4, 0.5) is 0 Å². The van der Waals surface area contributed by atoms with Crippen LogP contribution in [0.3, 0.4) is 0 Å². The first-order valence-electron chi connectivity index (χ1n) is 5.79. The standard InChI is InChI=1S/C14H11ClN2O2/c15-10-5-3-4-9(8-10)12-14(19-12,13(16)18)11-6-1-2-7-17-11/h1-8,12H,(H2,16,18)/t12-,14+/m0/s1. The topological polar surface area (TPSA) is 68.5 Å². The number of amides is 1. The van der Waals surface area contributed by atoms with Gasteiger partial charge in [0.25, 0.3) is 5.91 Å². The Bertz CT molecular complexity index is 632. The second-order valence-electron chi connectivity index (χ2n) is 4.37. The zero-order valence-electron chi connectivity index (χ0n) is 9.92. The number of epoxide rings is 1. The van der Waals surface area contributed by atoms with Crippen LogP contribution in [0.15, 0.2) is 48.7 Å². The summed E-state index contributed by atoms with van der Waals surface area (Å²) in [7, 11) is 0. The van der Waals surface area contributed by atoms with Crippen LogP contribution in [0.25, 0.3) is 0 Å². The Labute approximate surface area is 115 Å². The molecule has 0 bridgehead atoms. The normalized spacial score (nSPS) is 25.0. The molecule has 0 radical (unpaired) electrons. The van der Waals surface area contributed by atoms with Gasteiger partial charge in [-0.2, -0.15) is 0 Å². The van der Waals surface area contributed by atoms with Crippen LogP contribution in [0, 0.1) is 0 Å². The molecule has 2 aromatic rings. The van der Waals surface area contributed by atoms with Crippen molar-refractivity contribution in [2.75, 3.05) is 0 Å². The molecule has 4 nitrogen and oxygen atoms in total. The Balaban J connectivity index is 2.02. The van der Waals surface area contributed by atoms with Gasteiger partial charge in [-0.15, -0.1) is 0 Å². The van der Waals surface area contributed by atoms with Crippen molar-refractivity contribution >= 4 is 17.5 Å². The van der Waals surface area contributed by atoms with E-state index in [-0.39, 0.29) is 0 Å². The molecular formula is C14H11ClN2O2. The maximum atomic E-state index is 11.8. The Hall–Kier alpha value is -1.91. The first-order valence-corrected chi connectivity index (χ1v) is 6.17. The molecule has 1 aliphatic heterocycles. The number of carbonyl (C=O) groups is 1. The van der Waals surface area contributed by atoms with Gasteiger partial charge in [-0.05, 0) is 29.8 Å². The summed E-state index contributed by atoms with van der Waals surface area (Å²) in [5.41, 5.74) is 5.66. The lowest BCUT2D eigenvalue weighted by atomic mass is 9.95. The van der Waals surface area contributed by atoms with Crippen molar-refractivity contribution in [1.82, 2.24) is 4.98 Å². The van der Waals surface area contributed by atoms with E-state index in [0.29, 0.717) is 10.7 Å². The minimum Gasteiger partial charge on any atom is -0.367 e. The van der Waals surface area contributed by atoms with Gasteiger partial charge in [0.05, 0.1) is 5.69 Å². The number of hydrogen-bond acceptors (Lipinski definition) is 3. The molecule has 3 rings (SSSR count). The zero-order chi connectivity index (χ0) is 13.5. The molecule has 1 saturated heterocycles. The Morgan fingerprint density at radius 3 is 2.79 bits per heavy atom. The molecule has 1 aromatic heterocycles. The third-order valence-electron chi connectivity index (χ3n) is 3.18. The van der Waals surface area contributed by atoms with Gasteiger partial charge >= 0.3 is 0 Å². The second kappa shape index (κ2) is 4.33. The lowest BCUT2D eigenvalue weighted by Crippen LogP contribution is -2.31. The van der Waals surface area contributed by atoms with Crippen LogP contribution in [-0.4, -0.2) is 10.9 Å². The molecule has 0 aliphatic carbocycles. The summed E-state index contributed by atoms with van der Waals surface area (Å²) in [6.45, 7) is 0. The number of carbonyl (C=O) groups excluding carboxylic acids is 1. The first-order chi connectivity index (χ1) is 9.14. The molecule has 0 saturated carbocycles. The Kier molecular flexibility index (Phi) is 2.77. The SMILES string of the molecule is NC(=O)[C@]1(c2ccccn2)O[C@H]1c1cccc(Cl)c1. The highest BCUT2D eigenvalue weighted by atomic mass is 35.5. The monoisotopic (exact) mass is 274 g/mol. The van der Waals surface area contributed by atoms with E-state index in [0.717, 1.165) is 5.56 Å². The van der Waals surface area contributed by atoms with Crippen molar-refractivity contribution in [3.05, 3.63) is 64.9 Å².